The summed E-state index contributed by atoms with van der Waals surface area (Å²) in [6.07, 6.45) is 3.83. The van der Waals surface area contributed by atoms with E-state index in [2.05, 4.69) is 41.0 Å². The molecular formula is C23H23N9O. The van der Waals surface area contributed by atoms with Crippen molar-refractivity contribution in [1.29, 1.82) is 0 Å². The number of hydrogen-bond donors (Lipinski definition) is 2. The molecule has 0 unspecified atom stereocenters. The van der Waals surface area contributed by atoms with Crippen LogP contribution in [0.5, 0.6) is 0 Å². The molecule has 1 saturated heterocycles. The first-order valence-corrected chi connectivity index (χ1v) is 10.8. The number of hydrogen-bond acceptors (Lipinski definition) is 8. The number of rotatable bonds is 6. The molecule has 0 bridgehead atoms. The summed E-state index contributed by atoms with van der Waals surface area (Å²) in [6, 6.07) is 16.5. The van der Waals surface area contributed by atoms with Crippen molar-refractivity contribution in [2.45, 2.75) is 19.8 Å². The summed E-state index contributed by atoms with van der Waals surface area (Å²) in [5, 5.41) is 17.4. The Morgan fingerprint density at radius 3 is 2.52 bits per heavy atom. The summed E-state index contributed by atoms with van der Waals surface area (Å²) >= 11 is 0. The third-order valence-corrected chi connectivity index (χ3v) is 5.37. The van der Waals surface area contributed by atoms with Gasteiger partial charge < -0.3 is 15.5 Å². The van der Waals surface area contributed by atoms with Crippen LogP contribution in [0.2, 0.25) is 0 Å². The molecule has 3 heterocycles. The van der Waals surface area contributed by atoms with Gasteiger partial charge in [0.25, 0.3) is 5.91 Å². The lowest BCUT2D eigenvalue weighted by atomic mass is 10.2. The van der Waals surface area contributed by atoms with Crippen LogP contribution in [0.3, 0.4) is 0 Å². The zero-order valence-corrected chi connectivity index (χ0v) is 18.1. The quantitative estimate of drug-likeness (QED) is 0.468. The molecule has 0 aliphatic carbocycles. The van der Waals surface area contributed by atoms with Crippen molar-refractivity contribution >= 4 is 29.0 Å². The zero-order valence-electron chi connectivity index (χ0n) is 18.1. The van der Waals surface area contributed by atoms with Crippen molar-refractivity contribution in [3.63, 3.8) is 0 Å². The van der Waals surface area contributed by atoms with Crippen LogP contribution in [-0.2, 0) is 0 Å². The van der Waals surface area contributed by atoms with Crippen molar-refractivity contribution in [3.8, 4) is 5.69 Å². The maximum atomic E-state index is 12.7. The molecule has 1 aliphatic rings. The highest BCUT2D eigenvalue weighted by molar-refractivity contribution is 6.04. The maximum absolute atomic E-state index is 12.7. The van der Waals surface area contributed by atoms with E-state index < -0.39 is 0 Å². The average molecular weight is 441 g/mol. The molecule has 0 saturated carbocycles. The van der Waals surface area contributed by atoms with E-state index in [1.807, 2.05) is 43.3 Å². The third-order valence-electron chi connectivity index (χ3n) is 5.37. The summed E-state index contributed by atoms with van der Waals surface area (Å²) in [5.74, 6) is 1.30. The first-order valence-electron chi connectivity index (χ1n) is 10.8. The molecule has 1 amide bonds. The fourth-order valence-electron chi connectivity index (χ4n) is 3.73. The number of benzene rings is 2. The SMILES string of the molecule is Cc1cc(Nc2ccc(NC(=O)c3cccc(-n4cnnn4)c3)cc2)nc(N2CCCC2)n1. The Balaban J connectivity index is 1.26. The summed E-state index contributed by atoms with van der Waals surface area (Å²) < 4.78 is 1.50. The van der Waals surface area contributed by atoms with Crippen molar-refractivity contribution in [2.75, 3.05) is 28.6 Å². The highest BCUT2D eigenvalue weighted by Crippen LogP contribution is 2.22. The number of anilines is 4. The standard InChI is InChI=1S/C23H23N9O/c1-16-13-21(28-23(25-16)31-11-2-3-12-31)26-18-7-9-19(10-8-18)27-22(33)17-5-4-6-20(14-17)32-15-24-29-30-32/h4-10,13-15H,2-3,11-12H2,1H3,(H,27,33)(H,25,26,28). The van der Waals surface area contributed by atoms with Crippen molar-refractivity contribution < 1.29 is 4.79 Å². The number of aromatic nitrogens is 6. The predicted molar refractivity (Wildman–Crippen MR) is 125 cm³/mol. The Labute approximate surface area is 190 Å². The van der Waals surface area contributed by atoms with Gasteiger partial charge in [0.2, 0.25) is 5.95 Å². The largest absolute Gasteiger partial charge is 0.341 e. The van der Waals surface area contributed by atoms with Crippen LogP contribution in [0, 0.1) is 6.92 Å². The van der Waals surface area contributed by atoms with Gasteiger partial charge in [0, 0.05) is 41.8 Å². The molecule has 10 nitrogen and oxygen atoms in total. The minimum atomic E-state index is -0.215. The van der Waals surface area contributed by atoms with Gasteiger partial charge in [-0.3, -0.25) is 4.79 Å². The lowest BCUT2D eigenvalue weighted by Crippen LogP contribution is -2.21. The molecular weight excluding hydrogens is 418 g/mol. The number of tetrazole rings is 1. The first-order chi connectivity index (χ1) is 16.1. The molecule has 0 atom stereocenters. The number of nitrogens with zero attached hydrogens (tertiary/aromatic N) is 7. The molecule has 0 radical (unpaired) electrons. The minimum absolute atomic E-state index is 0.215. The monoisotopic (exact) mass is 441 g/mol. The van der Waals surface area contributed by atoms with E-state index in [0.717, 1.165) is 36.2 Å². The van der Waals surface area contributed by atoms with Crippen LogP contribution in [0.25, 0.3) is 5.69 Å². The smallest absolute Gasteiger partial charge is 0.255 e. The number of nitrogens with one attached hydrogen (secondary N) is 2. The molecule has 2 aromatic heterocycles. The molecule has 1 aliphatic heterocycles. The third kappa shape index (κ3) is 4.79. The average Bonchev–Trinajstić information content (AvgIpc) is 3.55. The van der Waals surface area contributed by atoms with Crippen molar-refractivity contribution in [3.05, 3.63) is 72.2 Å². The topological polar surface area (TPSA) is 114 Å². The van der Waals surface area contributed by atoms with Crippen molar-refractivity contribution in [1.82, 2.24) is 30.2 Å². The molecule has 0 spiro atoms. The molecule has 166 valence electrons. The van der Waals surface area contributed by atoms with Gasteiger partial charge in [-0.05, 0) is 72.7 Å². The van der Waals surface area contributed by atoms with Gasteiger partial charge in [-0.2, -0.15) is 4.98 Å². The summed E-state index contributed by atoms with van der Waals surface area (Å²) in [4.78, 5) is 24.2. The van der Waals surface area contributed by atoms with Crippen LogP contribution in [0.15, 0.2) is 60.9 Å². The first kappa shape index (κ1) is 20.6. The van der Waals surface area contributed by atoms with E-state index in [0.29, 0.717) is 16.9 Å². The Kier molecular flexibility index (Phi) is 5.62. The van der Waals surface area contributed by atoms with Crippen LogP contribution >= 0.6 is 0 Å². The summed E-state index contributed by atoms with van der Waals surface area (Å²) in [7, 11) is 0. The fourth-order valence-corrected chi connectivity index (χ4v) is 3.73. The number of carbonyl (C=O) groups is 1. The van der Waals surface area contributed by atoms with E-state index in [9.17, 15) is 4.79 Å². The number of aryl methyl sites for hydroxylation is 1. The van der Waals surface area contributed by atoms with Gasteiger partial charge in [0.1, 0.15) is 12.1 Å². The van der Waals surface area contributed by atoms with E-state index in [4.69, 9.17) is 0 Å². The van der Waals surface area contributed by atoms with Gasteiger partial charge in [0.15, 0.2) is 0 Å². The normalized spacial score (nSPS) is 13.2. The molecule has 2 N–H and O–H groups in total. The van der Waals surface area contributed by atoms with Gasteiger partial charge in [-0.15, -0.1) is 5.10 Å². The Hall–Kier alpha value is -4.34. The van der Waals surface area contributed by atoms with E-state index in [1.165, 1.54) is 23.9 Å². The lowest BCUT2D eigenvalue weighted by molar-refractivity contribution is 0.102. The van der Waals surface area contributed by atoms with Crippen LogP contribution in [0.1, 0.15) is 28.9 Å². The highest BCUT2D eigenvalue weighted by Gasteiger charge is 2.16. The van der Waals surface area contributed by atoms with Crippen LogP contribution in [-0.4, -0.2) is 49.2 Å². The molecule has 10 heteroatoms. The number of carbonyl (C=O) groups excluding carboxylic acids is 1. The fraction of sp³-hybridized carbons (Fsp3) is 0.217. The van der Waals surface area contributed by atoms with Gasteiger partial charge in [-0.1, -0.05) is 6.07 Å². The van der Waals surface area contributed by atoms with Crippen LogP contribution in [0.4, 0.5) is 23.1 Å². The van der Waals surface area contributed by atoms with Gasteiger partial charge in [0.05, 0.1) is 5.69 Å². The van der Waals surface area contributed by atoms with Gasteiger partial charge >= 0.3 is 0 Å². The van der Waals surface area contributed by atoms with Crippen molar-refractivity contribution in [2.24, 2.45) is 0 Å². The van der Waals surface area contributed by atoms with Crippen LogP contribution < -0.4 is 15.5 Å². The second-order valence-corrected chi connectivity index (χ2v) is 7.85. The minimum Gasteiger partial charge on any atom is -0.341 e. The lowest BCUT2D eigenvalue weighted by Gasteiger charge is -2.17. The second-order valence-electron chi connectivity index (χ2n) is 7.85. The molecule has 1 fully saturated rings. The highest BCUT2D eigenvalue weighted by atomic mass is 16.1. The van der Waals surface area contributed by atoms with Gasteiger partial charge in [-0.25, -0.2) is 9.67 Å². The summed E-state index contributed by atoms with van der Waals surface area (Å²) in [6.45, 7) is 3.96. The Morgan fingerprint density at radius 2 is 1.76 bits per heavy atom. The Bertz CT molecular complexity index is 1250. The maximum Gasteiger partial charge on any atom is 0.255 e. The zero-order chi connectivity index (χ0) is 22.6. The van der Waals surface area contributed by atoms with E-state index >= 15 is 0 Å². The molecule has 2 aromatic carbocycles. The predicted octanol–water partition coefficient (Wildman–Crippen LogP) is 3.36. The number of amides is 1. The van der Waals surface area contributed by atoms with E-state index in [-0.39, 0.29) is 5.91 Å². The van der Waals surface area contributed by atoms with E-state index in [1.54, 1.807) is 18.2 Å². The second kappa shape index (κ2) is 9.03. The molecule has 5 rings (SSSR count). The molecule has 4 aromatic rings. The molecule has 33 heavy (non-hydrogen) atoms. The Morgan fingerprint density at radius 1 is 0.970 bits per heavy atom. The summed E-state index contributed by atoms with van der Waals surface area (Å²) in [5.41, 5.74) is 3.70.